The number of hydrogen-bond donors (Lipinski definition) is 0. The van der Waals surface area contributed by atoms with Gasteiger partial charge in [-0.2, -0.15) is 0 Å². The second-order valence-corrected chi connectivity index (χ2v) is 6.42. The second kappa shape index (κ2) is 8.75. The fourth-order valence-electron chi connectivity index (χ4n) is 3.07. The molecule has 3 atom stereocenters. The van der Waals surface area contributed by atoms with E-state index in [-0.39, 0.29) is 24.1 Å². The van der Waals surface area contributed by atoms with Gasteiger partial charge in [0, 0.05) is 17.9 Å². The molecular formula is C22H24O3. The number of Topliss-reactive ketones (excluding diaryl/α,β-unsaturated/α-hetero) is 1. The monoisotopic (exact) mass is 336 g/mol. The van der Waals surface area contributed by atoms with E-state index in [1.165, 1.54) is 0 Å². The van der Waals surface area contributed by atoms with Gasteiger partial charge in [0.2, 0.25) is 0 Å². The Labute approximate surface area is 149 Å². The van der Waals surface area contributed by atoms with Crippen LogP contribution in [0.1, 0.15) is 43.3 Å². The van der Waals surface area contributed by atoms with Gasteiger partial charge >= 0.3 is 0 Å². The minimum absolute atomic E-state index is 0.0258. The predicted octanol–water partition coefficient (Wildman–Crippen LogP) is 5.01. The molecule has 3 rings (SSSR count). The van der Waals surface area contributed by atoms with Crippen LogP contribution in [-0.2, 0) is 14.3 Å². The van der Waals surface area contributed by atoms with E-state index in [0.717, 1.165) is 17.5 Å². The van der Waals surface area contributed by atoms with Crippen molar-refractivity contribution in [1.29, 1.82) is 0 Å². The summed E-state index contributed by atoms with van der Waals surface area (Å²) in [6.07, 6.45) is 4.95. The Balaban J connectivity index is 1.74. The number of ether oxygens (including phenoxy) is 2. The molecule has 130 valence electrons. The van der Waals surface area contributed by atoms with E-state index in [2.05, 4.69) is 18.2 Å². The largest absolute Gasteiger partial charge is 0.348 e. The van der Waals surface area contributed by atoms with Crippen LogP contribution in [0.5, 0.6) is 0 Å². The molecule has 0 spiro atoms. The average molecular weight is 336 g/mol. The van der Waals surface area contributed by atoms with Crippen molar-refractivity contribution >= 4 is 5.78 Å². The zero-order chi connectivity index (χ0) is 17.5. The predicted molar refractivity (Wildman–Crippen MR) is 97.9 cm³/mol. The maximum absolute atomic E-state index is 11.1. The smallest absolute Gasteiger partial charge is 0.184 e. The topological polar surface area (TPSA) is 35.5 Å². The van der Waals surface area contributed by atoms with E-state index in [1.54, 1.807) is 6.92 Å². The number of carbonyl (C=O) groups excluding carboxylic acids is 1. The summed E-state index contributed by atoms with van der Waals surface area (Å²) in [4.78, 5) is 11.1. The molecule has 1 aliphatic rings. The third-order valence-electron chi connectivity index (χ3n) is 4.37. The molecule has 3 heteroatoms. The van der Waals surface area contributed by atoms with Gasteiger partial charge in [0.05, 0.1) is 12.7 Å². The third kappa shape index (κ3) is 4.88. The summed E-state index contributed by atoms with van der Waals surface area (Å²) in [7, 11) is 0. The molecule has 0 bridgehead atoms. The molecule has 0 saturated carbocycles. The van der Waals surface area contributed by atoms with Crippen LogP contribution < -0.4 is 0 Å². The van der Waals surface area contributed by atoms with Crippen molar-refractivity contribution in [3.63, 3.8) is 0 Å². The zero-order valence-corrected chi connectivity index (χ0v) is 14.5. The van der Waals surface area contributed by atoms with Crippen LogP contribution >= 0.6 is 0 Å². The normalized spacial score (nSPS) is 23.6. The highest BCUT2D eigenvalue weighted by Crippen LogP contribution is 2.39. The van der Waals surface area contributed by atoms with E-state index < -0.39 is 0 Å². The van der Waals surface area contributed by atoms with E-state index in [0.29, 0.717) is 13.0 Å². The van der Waals surface area contributed by atoms with Gasteiger partial charge in [0.25, 0.3) is 0 Å². The first kappa shape index (κ1) is 17.6. The highest BCUT2D eigenvalue weighted by Gasteiger charge is 2.33. The SMILES string of the molecule is CC(=O)C/C=C\C[C@@H]1CO[C@H](c2ccccc2)O[C@@H]1c1ccccc1. The minimum atomic E-state index is -0.344. The van der Waals surface area contributed by atoms with Crippen LogP contribution in [-0.4, -0.2) is 12.4 Å². The van der Waals surface area contributed by atoms with Gasteiger partial charge in [-0.15, -0.1) is 0 Å². The summed E-state index contributed by atoms with van der Waals surface area (Å²) in [5.74, 6) is 0.404. The first-order valence-corrected chi connectivity index (χ1v) is 8.75. The Morgan fingerprint density at radius 1 is 1.00 bits per heavy atom. The van der Waals surface area contributed by atoms with Gasteiger partial charge in [0.1, 0.15) is 5.78 Å². The molecule has 25 heavy (non-hydrogen) atoms. The van der Waals surface area contributed by atoms with Crippen molar-refractivity contribution in [1.82, 2.24) is 0 Å². The summed E-state index contributed by atoms with van der Waals surface area (Å²) >= 11 is 0. The highest BCUT2D eigenvalue weighted by atomic mass is 16.7. The van der Waals surface area contributed by atoms with E-state index >= 15 is 0 Å². The Kier molecular flexibility index (Phi) is 6.15. The fourth-order valence-corrected chi connectivity index (χ4v) is 3.07. The summed E-state index contributed by atoms with van der Waals surface area (Å²) in [5, 5.41) is 0. The van der Waals surface area contributed by atoms with Gasteiger partial charge < -0.3 is 9.47 Å². The van der Waals surface area contributed by atoms with Crippen LogP contribution in [0, 0.1) is 5.92 Å². The Bertz CT molecular complexity index is 694. The average Bonchev–Trinajstić information content (AvgIpc) is 2.66. The molecule has 2 aromatic carbocycles. The van der Waals surface area contributed by atoms with Crippen molar-refractivity contribution in [2.45, 2.75) is 32.2 Å². The number of rotatable bonds is 6. The second-order valence-electron chi connectivity index (χ2n) is 6.42. The lowest BCUT2D eigenvalue weighted by atomic mass is 9.92. The van der Waals surface area contributed by atoms with Crippen LogP contribution in [0.3, 0.4) is 0 Å². The molecule has 0 radical (unpaired) electrons. The number of ketones is 1. The van der Waals surface area contributed by atoms with Gasteiger partial charge in [-0.05, 0) is 18.9 Å². The summed E-state index contributed by atoms with van der Waals surface area (Å²) in [5.41, 5.74) is 2.20. The van der Waals surface area contributed by atoms with Crippen molar-refractivity contribution in [2.75, 3.05) is 6.61 Å². The summed E-state index contributed by atoms with van der Waals surface area (Å²) in [6, 6.07) is 20.3. The highest BCUT2D eigenvalue weighted by molar-refractivity contribution is 5.76. The van der Waals surface area contributed by atoms with Crippen LogP contribution in [0.15, 0.2) is 72.8 Å². The molecule has 0 aromatic heterocycles. The zero-order valence-electron chi connectivity index (χ0n) is 14.5. The van der Waals surface area contributed by atoms with Gasteiger partial charge in [-0.1, -0.05) is 72.8 Å². The molecule has 1 aliphatic heterocycles. The minimum Gasteiger partial charge on any atom is -0.348 e. The lowest BCUT2D eigenvalue weighted by Gasteiger charge is -2.36. The molecule has 1 saturated heterocycles. The summed E-state index contributed by atoms with van der Waals surface area (Å²) < 4.78 is 12.3. The molecule has 1 heterocycles. The first-order chi connectivity index (χ1) is 12.2. The van der Waals surface area contributed by atoms with E-state index in [9.17, 15) is 4.79 Å². The molecule has 3 nitrogen and oxygen atoms in total. The van der Waals surface area contributed by atoms with Crippen LogP contribution in [0.2, 0.25) is 0 Å². The van der Waals surface area contributed by atoms with Crippen molar-refractivity contribution in [3.05, 3.63) is 83.9 Å². The Morgan fingerprint density at radius 3 is 2.28 bits per heavy atom. The standard InChI is InChI=1S/C22H24O3/c1-17(23)10-8-9-15-20-16-24-22(19-13-6-3-7-14-19)25-21(20)18-11-4-2-5-12-18/h2-9,11-14,20-22H,10,15-16H2,1H3/b9-8-/t20-,21-,22+/m1/s1. The molecule has 0 aliphatic carbocycles. The number of hydrogen-bond acceptors (Lipinski definition) is 3. The van der Waals surface area contributed by atoms with Gasteiger partial charge in [-0.25, -0.2) is 0 Å². The number of allylic oxidation sites excluding steroid dienone is 2. The van der Waals surface area contributed by atoms with E-state index in [1.807, 2.05) is 54.6 Å². The number of carbonyl (C=O) groups is 1. The third-order valence-corrected chi connectivity index (χ3v) is 4.37. The quantitative estimate of drug-likeness (QED) is 0.695. The van der Waals surface area contributed by atoms with Crippen LogP contribution in [0.25, 0.3) is 0 Å². The van der Waals surface area contributed by atoms with Gasteiger partial charge in [-0.3, -0.25) is 4.79 Å². The summed E-state index contributed by atoms with van der Waals surface area (Å²) in [6.45, 7) is 2.23. The van der Waals surface area contributed by atoms with Crippen molar-refractivity contribution in [2.24, 2.45) is 5.92 Å². The van der Waals surface area contributed by atoms with Crippen molar-refractivity contribution < 1.29 is 14.3 Å². The molecule has 1 fully saturated rings. The molecule has 0 N–H and O–H groups in total. The number of benzene rings is 2. The lowest BCUT2D eigenvalue weighted by Crippen LogP contribution is -2.30. The molecular weight excluding hydrogens is 312 g/mol. The molecule has 0 unspecified atom stereocenters. The Hall–Kier alpha value is -2.23. The van der Waals surface area contributed by atoms with Gasteiger partial charge in [0.15, 0.2) is 6.29 Å². The van der Waals surface area contributed by atoms with E-state index in [4.69, 9.17) is 9.47 Å². The fraction of sp³-hybridized carbons (Fsp3) is 0.318. The van der Waals surface area contributed by atoms with Crippen molar-refractivity contribution in [3.8, 4) is 0 Å². The van der Waals surface area contributed by atoms with Crippen LogP contribution in [0.4, 0.5) is 0 Å². The maximum atomic E-state index is 11.1. The lowest BCUT2D eigenvalue weighted by molar-refractivity contribution is -0.243. The maximum Gasteiger partial charge on any atom is 0.184 e. The molecule has 2 aromatic rings. The Morgan fingerprint density at radius 2 is 1.64 bits per heavy atom. The first-order valence-electron chi connectivity index (χ1n) is 8.75. The molecule has 0 amide bonds.